The molecule has 2 amide bonds. The minimum Gasteiger partial charge on any atom is -0.496 e. The molecule has 4 nitrogen and oxygen atoms in total. The molecular formula is C17H13Br2NO3. The first-order valence-corrected chi connectivity index (χ1v) is 9.16. The van der Waals surface area contributed by atoms with E-state index >= 15 is 0 Å². The molecule has 0 radical (unpaired) electrons. The number of anilines is 1. The van der Waals surface area contributed by atoms with Crippen LogP contribution in [0.15, 0.2) is 36.4 Å². The van der Waals surface area contributed by atoms with Crippen LogP contribution in [-0.4, -0.2) is 18.9 Å². The molecule has 0 unspecified atom stereocenters. The Balaban J connectivity index is 2.17. The SMILES string of the molecule is COc1ccc(N2C(=O)c3ccccc3C2=O)c(CBr)c1CBr. The molecule has 118 valence electrons. The van der Waals surface area contributed by atoms with Crippen LogP contribution in [0, 0.1) is 0 Å². The Bertz CT molecular complexity index is 769. The van der Waals surface area contributed by atoms with Gasteiger partial charge in [-0.3, -0.25) is 9.59 Å². The topological polar surface area (TPSA) is 46.6 Å². The van der Waals surface area contributed by atoms with Gasteiger partial charge in [0.25, 0.3) is 11.8 Å². The molecule has 0 saturated heterocycles. The standard InChI is InChI=1S/C17H13Br2NO3/c1-23-15-7-6-14(12(8-18)13(15)9-19)20-16(21)10-4-2-3-5-11(10)17(20)22/h2-7H,8-9H2,1H3. The van der Waals surface area contributed by atoms with Crippen LogP contribution in [-0.2, 0) is 10.7 Å². The molecular weight excluding hydrogens is 426 g/mol. The first-order chi connectivity index (χ1) is 11.1. The van der Waals surface area contributed by atoms with E-state index in [0.717, 1.165) is 16.9 Å². The van der Waals surface area contributed by atoms with Crippen molar-refractivity contribution in [3.05, 3.63) is 58.7 Å². The zero-order valence-electron chi connectivity index (χ0n) is 12.3. The quantitative estimate of drug-likeness (QED) is 0.528. The third-order valence-corrected chi connectivity index (χ3v) is 5.01. The Morgan fingerprint density at radius 2 is 1.48 bits per heavy atom. The lowest BCUT2D eigenvalue weighted by Gasteiger charge is -2.21. The molecule has 0 spiro atoms. The van der Waals surface area contributed by atoms with Gasteiger partial charge in [-0.05, 0) is 29.8 Å². The second kappa shape index (κ2) is 6.45. The molecule has 0 fully saturated rings. The highest BCUT2D eigenvalue weighted by molar-refractivity contribution is 9.09. The van der Waals surface area contributed by atoms with Crippen LogP contribution in [0.5, 0.6) is 5.75 Å². The summed E-state index contributed by atoms with van der Waals surface area (Å²) in [5.74, 6) is 0.133. The van der Waals surface area contributed by atoms with Crippen LogP contribution in [0.4, 0.5) is 5.69 Å². The van der Waals surface area contributed by atoms with E-state index in [0.29, 0.717) is 27.5 Å². The Morgan fingerprint density at radius 3 is 1.96 bits per heavy atom. The number of ether oxygens (including phenoxy) is 1. The Labute approximate surface area is 150 Å². The molecule has 0 atom stereocenters. The van der Waals surface area contributed by atoms with E-state index < -0.39 is 0 Å². The molecule has 23 heavy (non-hydrogen) atoms. The number of imide groups is 1. The maximum absolute atomic E-state index is 12.7. The Morgan fingerprint density at radius 1 is 0.913 bits per heavy atom. The van der Waals surface area contributed by atoms with Crippen LogP contribution in [0.1, 0.15) is 31.8 Å². The van der Waals surface area contributed by atoms with E-state index in [4.69, 9.17) is 4.74 Å². The van der Waals surface area contributed by atoms with Crippen molar-refractivity contribution in [1.82, 2.24) is 0 Å². The number of alkyl halides is 2. The summed E-state index contributed by atoms with van der Waals surface area (Å²) < 4.78 is 5.37. The normalized spacial score (nSPS) is 13.4. The Hall–Kier alpha value is -1.66. The monoisotopic (exact) mass is 437 g/mol. The summed E-state index contributed by atoms with van der Waals surface area (Å²) in [7, 11) is 1.60. The summed E-state index contributed by atoms with van der Waals surface area (Å²) >= 11 is 6.91. The van der Waals surface area contributed by atoms with Crippen molar-refractivity contribution in [1.29, 1.82) is 0 Å². The van der Waals surface area contributed by atoms with E-state index in [1.807, 2.05) is 0 Å². The maximum Gasteiger partial charge on any atom is 0.266 e. The number of benzene rings is 2. The zero-order chi connectivity index (χ0) is 16.6. The van der Waals surface area contributed by atoms with Gasteiger partial charge >= 0.3 is 0 Å². The second-order valence-electron chi connectivity index (χ2n) is 5.00. The summed E-state index contributed by atoms with van der Waals surface area (Å²) in [6, 6.07) is 10.4. The van der Waals surface area contributed by atoms with Crippen LogP contribution < -0.4 is 9.64 Å². The molecule has 0 aromatic heterocycles. The number of hydrogen-bond acceptors (Lipinski definition) is 3. The van der Waals surface area contributed by atoms with Crippen molar-refractivity contribution in [2.75, 3.05) is 12.0 Å². The molecule has 1 heterocycles. The van der Waals surface area contributed by atoms with E-state index in [9.17, 15) is 9.59 Å². The van der Waals surface area contributed by atoms with Gasteiger partial charge in [0, 0.05) is 16.2 Å². The predicted octanol–water partition coefficient (Wildman–Crippen LogP) is 4.29. The van der Waals surface area contributed by atoms with Crippen LogP contribution in [0.2, 0.25) is 0 Å². The van der Waals surface area contributed by atoms with Gasteiger partial charge in [-0.15, -0.1) is 0 Å². The number of fused-ring (bicyclic) bond motifs is 1. The van der Waals surface area contributed by atoms with Crippen LogP contribution >= 0.6 is 31.9 Å². The van der Waals surface area contributed by atoms with E-state index in [-0.39, 0.29) is 11.8 Å². The van der Waals surface area contributed by atoms with Crippen molar-refractivity contribution >= 4 is 49.4 Å². The second-order valence-corrected chi connectivity index (χ2v) is 6.12. The smallest absolute Gasteiger partial charge is 0.266 e. The number of rotatable bonds is 4. The average Bonchev–Trinajstić information content (AvgIpc) is 2.84. The van der Waals surface area contributed by atoms with Gasteiger partial charge in [0.05, 0.1) is 23.9 Å². The number of hydrogen-bond donors (Lipinski definition) is 0. The Kier molecular flexibility index (Phi) is 4.55. The molecule has 0 aliphatic carbocycles. The predicted molar refractivity (Wildman–Crippen MR) is 95.8 cm³/mol. The number of methoxy groups -OCH3 is 1. The van der Waals surface area contributed by atoms with Gasteiger partial charge in [-0.1, -0.05) is 44.0 Å². The van der Waals surface area contributed by atoms with Crippen LogP contribution in [0.3, 0.4) is 0 Å². The lowest BCUT2D eigenvalue weighted by molar-refractivity contribution is 0.0926. The summed E-state index contributed by atoms with van der Waals surface area (Å²) in [5.41, 5.74) is 3.24. The summed E-state index contributed by atoms with van der Waals surface area (Å²) in [4.78, 5) is 26.6. The van der Waals surface area contributed by atoms with Crippen molar-refractivity contribution in [3.63, 3.8) is 0 Å². The van der Waals surface area contributed by atoms with E-state index in [1.54, 1.807) is 43.5 Å². The van der Waals surface area contributed by atoms with Crippen molar-refractivity contribution < 1.29 is 14.3 Å². The average molecular weight is 439 g/mol. The molecule has 1 aliphatic heterocycles. The largest absolute Gasteiger partial charge is 0.496 e. The van der Waals surface area contributed by atoms with Gasteiger partial charge < -0.3 is 4.74 Å². The third kappa shape index (κ3) is 2.50. The minimum atomic E-state index is -0.293. The molecule has 1 aliphatic rings. The van der Waals surface area contributed by atoms with E-state index in [2.05, 4.69) is 31.9 Å². The highest BCUT2D eigenvalue weighted by Gasteiger charge is 2.37. The van der Waals surface area contributed by atoms with Gasteiger partial charge in [0.1, 0.15) is 5.75 Å². The summed E-state index contributed by atoms with van der Waals surface area (Å²) in [5, 5.41) is 1.07. The number of nitrogens with zero attached hydrogens (tertiary/aromatic N) is 1. The van der Waals surface area contributed by atoms with Crippen molar-refractivity contribution in [2.45, 2.75) is 10.7 Å². The third-order valence-electron chi connectivity index (χ3n) is 3.89. The first-order valence-electron chi connectivity index (χ1n) is 6.92. The fourth-order valence-corrected chi connectivity index (χ4v) is 4.00. The highest BCUT2D eigenvalue weighted by atomic mass is 79.9. The first kappa shape index (κ1) is 16.2. The lowest BCUT2D eigenvalue weighted by Crippen LogP contribution is -2.30. The molecule has 3 rings (SSSR count). The fraction of sp³-hybridized carbons (Fsp3) is 0.176. The highest BCUT2D eigenvalue weighted by Crippen LogP contribution is 2.37. The number of carbonyl (C=O) groups is 2. The number of halogens is 2. The molecule has 0 bridgehead atoms. The molecule has 2 aromatic carbocycles. The maximum atomic E-state index is 12.7. The molecule has 0 saturated carbocycles. The molecule has 6 heteroatoms. The van der Waals surface area contributed by atoms with Crippen molar-refractivity contribution in [2.24, 2.45) is 0 Å². The fourth-order valence-electron chi connectivity index (χ4n) is 2.76. The lowest BCUT2D eigenvalue weighted by atomic mass is 10.1. The van der Waals surface area contributed by atoms with Gasteiger partial charge in [0.2, 0.25) is 0 Å². The molecule has 2 aromatic rings. The number of carbonyl (C=O) groups excluding carboxylic acids is 2. The van der Waals surface area contributed by atoms with Crippen LogP contribution in [0.25, 0.3) is 0 Å². The molecule has 0 N–H and O–H groups in total. The van der Waals surface area contributed by atoms with Gasteiger partial charge in [0.15, 0.2) is 0 Å². The number of amides is 2. The minimum absolute atomic E-state index is 0.293. The van der Waals surface area contributed by atoms with Crippen molar-refractivity contribution in [3.8, 4) is 5.75 Å². The zero-order valence-corrected chi connectivity index (χ0v) is 15.5. The summed E-state index contributed by atoms with van der Waals surface area (Å²) in [6.45, 7) is 0. The van der Waals surface area contributed by atoms with E-state index in [1.165, 1.54) is 4.90 Å². The summed E-state index contributed by atoms with van der Waals surface area (Å²) in [6.07, 6.45) is 0. The van der Waals surface area contributed by atoms with Gasteiger partial charge in [-0.25, -0.2) is 4.90 Å². The van der Waals surface area contributed by atoms with Gasteiger partial charge in [-0.2, -0.15) is 0 Å².